The zero-order valence-electron chi connectivity index (χ0n) is 9.50. The fourth-order valence-corrected chi connectivity index (χ4v) is 3.22. The molecule has 1 atom stereocenters. The zero-order chi connectivity index (χ0) is 12.6. The van der Waals surface area contributed by atoms with E-state index in [2.05, 4.69) is 15.9 Å². The van der Waals surface area contributed by atoms with E-state index in [4.69, 9.17) is 0 Å². The minimum absolute atomic E-state index is 0.310. The minimum atomic E-state index is -0.897. The first-order valence-electron chi connectivity index (χ1n) is 5.19. The summed E-state index contributed by atoms with van der Waals surface area (Å²) >= 11 is 4.79. The van der Waals surface area contributed by atoms with E-state index in [1.165, 1.54) is 17.4 Å². The topological polar surface area (TPSA) is 20.2 Å². The summed E-state index contributed by atoms with van der Waals surface area (Å²) in [5.74, 6) is -0.383. The van der Waals surface area contributed by atoms with Gasteiger partial charge in [0.05, 0.1) is 0 Å². The summed E-state index contributed by atoms with van der Waals surface area (Å²) in [5, 5.41) is 10.2. The van der Waals surface area contributed by atoms with Gasteiger partial charge < -0.3 is 5.11 Å². The van der Waals surface area contributed by atoms with E-state index >= 15 is 0 Å². The minimum Gasteiger partial charge on any atom is -0.383 e. The molecule has 1 nitrogen and oxygen atoms in total. The Morgan fingerprint density at radius 1 is 1.29 bits per heavy atom. The molecular formula is C13H12BrFOS. The fourth-order valence-electron chi connectivity index (χ4n) is 1.80. The molecule has 0 bridgehead atoms. The highest BCUT2D eigenvalue weighted by Crippen LogP contribution is 2.33. The van der Waals surface area contributed by atoms with Crippen LogP contribution in [0.25, 0.3) is 0 Å². The van der Waals surface area contributed by atoms with Crippen LogP contribution < -0.4 is 0 Å². The number of thiophene rings is 1. The number of benzene rings is 1. The average Bonchev–Trinajstić information content (AvgIpc) is 2.60. The summed E-state index contributed by atoms with van der Waals surface area (Å²) in [4.78, 5) is 1.92. The van der Waals surface area contributed by atoms with E-state index in [9.17, 15) is 9.50 Å². The molecule has 0 fully saturated rings. The molecule has 1 aromatic heterocycles. The van der Waals surface area contributed by atoms with Crippen molar-refractivity contribution in [2.45, 2.75) is 20.0 Å². The Morgan fingerprint density at radius 2 is 2.00 bits per heavy atom. The van der Waals surface area contributed by atoms with Crippen LogP contribution in [0.4, 0.5) is 4.39 Å². The van der Waals surface area contributed by atoms with Gasteiger partial charge in [0.15, 0.2) is 0 Å². The van der Waals surface area contributed by atoms with Gasteiger partial charge in [0.1, 0.15) is 11.9 Å². The van der Waals surface area contributed by atoms with E-state index in [-0.39, 0.29) is 5.82 Å². The molecule has 1 heterocycles. The predicted molar refractivity (Wildman–Crippen MR) is 72.0 cm³/mol. The van der Waals surface area contributed by atoms with Crippen LogP contribution in [-0.4, -0.2) is 5.11 Å². The molecule has 17 heavy (non-hydrogen) atoms. The third kappa shape index (κ3) is 2.59. The molecule has 0 amide bonds. The summed E-state index contributed by atoms with van der Waals surface area (Å²) in [5.41, 5.74) is 1.31. The van der Waals surface area contributed by atoms with Gasteiger partial charge in [-0.3, -0.25) is 0 Å². The van der Waals surface area contributed by atoms with Crippen molar-refractivity contribution in [1.82, 2.24) is 0 Å². The van der Waals surface area contributed by atoms with Crippen LogP contribution in [0, 0.1) is 19.7 Å². The van der Waals surface area contributed by atoms with Crippen LogP contribution in [0.3, 0.4) is 0 Å². The standard InChI is InChI=1S/C13H12BrFOS/c1-7-5-8(2)17-13(7)12(16)10-6-9(14)3-4-11(10)15/h3-6,12,16H,1-2H3. The third-order valence-corrected chi connectivity index (χ3v) is 4.28. The van der Waals surface area contributed by atoms with Crippen LogP contribution in [0.1, 0.15) is 27.0 Å². The molecule has 4 heteroatoms. The van der Waals surface area contributed by atoms with Gasteiger partial charge in [0, 0.05) is 19.8 Å². The lowest BCUT2D eigenvalue weighted by Crippen LogP contribution is -2.02. The Bertz CT molecular complexity index is 550. The molecule has 0 spiro atoms. The second-order valence-electron chi connectivity index (χ2n) is 3.97. The number of rotatable bonds is 2. The largest absolute Gasteiger partial charge is 0.383 e. The van der Waals surface area contributed by atoms with Gasteiger partial charge in [-0.1, -0.05) is 15.9 Å². The number of halogens is 2. The number of aliphatic hydroxyl groups excluding tert-OH is 1. The smallest absolute Gasteiger partial charge is 0.129 e. The Hall–Kier alpha value is -0.710. The van der Waals surface area contributed by atoms with Gasteiger partial charge in [-0.05, 0) is 43.7 Å². The maximum atomic E-state index is 13.7. The monoisotopic (exact) mass is 314 g/mol. The van der Waals surface area contributed by atoms with Gasteiger partial charge in [-0.2, -0.15) is 0 Å². The highest BCUT2D eigenvalue weighted by molar-refractivity contribution is 9.10. The van der Waals surface area contributed by atoms with Gasteiger partial charge in [0.2, 0.25) is 0 Å². The number of aliphatic hydroxyl groups is 1. The van der Waals surface area contributed by atoms with Crippen molar-refractivity contribution in [3.63, 3.8) is 0 Å². The summed E-state index contributed by atoms with van der Waals surface area (Å²) in [6.07, 6.45) is -0.897. The van der Waals surface area contributed by atoms with Crippen molar-refractivity contribution >= 4 is 27.3 Å². The van der Waals surface area contributed by atoms with Crippen molar-refractivity contribution in [3.05, 3.63) is 55.4 Å². The predicted octanol–water partition coefficient (Wildman–Crippen LogP) is 4.35. The van der Waals surface area contributed by atoms with E-state index in [0.29, 0.717) is 5.56 Å². The Morgan fingerprint density at radius 3 is 2.59 bits per heavy atom. The Labute approximate surface area is 112 Å². The first-order chi connectivity index (χ1) is 7.99. The summed E-state index contributed by atoms with van der Waals surface area (Å²) < 4.78 is 14.4. The zero-order valence-corrected chi connectivity index (χ0v) is 11.9. The van der Waals surface area contributed by atoms with E-state index in [1.807, 2.05) is 19.9 Å². The van der Waals surface area contributed by atoms with E-state index in [0.717, 1.165) is 19.8 Å². The summed E-state index contributed by atoms with van der Waals surface area (Å²) in [7, 11) is 0. The first-order valence-corrected chi connectivity index (χ1v) is 6.80. The molecule has 1 unspecified atom stereocenters. The molecule has 0 saturated heterocycles. The Balaban J connectivity index is 2.46. The summed E-state index contributed by atoms with van der Waals surface area (Å²) in [6, 6.07) is 6.60. The lowest BCUT2D eigenvalue weighted by atomic mass is 10.1. The molecule has 2 aromatic rings. The number of hydrogen-bond donors (Lipinski definition) is 1. The average molecular weight is 315 g/mol. The van der Waals surface area contributed by atoms with Crippen molar-refractivity contribution in [2.75, 3.05) is 0 Å². The second kappa shape index (κ2) is 4.88. The summed E-state index contributed by atoms with van der Waals surface area (Å²) in [6.45, 7) is 3.91. The van der Waals surface area contributed by atoms with Crippen LogP contribution in [0.2, 0.25) is 0 Å². The fraction of sp³-hybridized carbons (Fsp3) is 0.231. The maximum absolute atomic E-state index is 13.7. The molecule has 0 radical (unpaired) electrons. The molecule has 0 saturated carbocycles. The van der Waals surface area contributed by atoms with Crippen molar-refractivity contribution in [2.24, 2.45) is 0 Å². The van der Waals surface area contributed by atoms with Crippen LogP contribution in [0.5, 0.6) is 0 Å². The Kier molecular flexibility index (Phi) is 3.66. The lowest BCUT2D eigenvalue weighted by molar-refractivity contribution is 0.218. The van der Waals surface area contributed by atoms with E-state index in [1.54, 1.807) is 12.1 Å². The molecular weight excluding hydrogens is 303 g/mol. The molecule has 90 valence electrons. The third-order valence-electron chi connectivity index (χ3n) is 2.58. The van der Waals surface area contributed by atoms with Crippen LogP contribution in [-0.2, 0) is 0 Å². The van der Waals surface area contributed by atoms with Crippen molar-refractivity contribution < 1.29 is 9.50 Å². The highest BCUT2D eigenvalue weighted by atomic mass is 79.9. The number of hydrogen-bond acceptors (Lipinski definition) is 2. The van der Waals surface area contributed by atoms with Gasteiger partial charge in [-0.25, -0.2) is 4.39 Å². The van der Waals surface area contributed by atoms with Crippen LogP contribution in [0.15, 0.2) is 28.7 Å². The second-order valence-corrected chi connectivity index (χ2v) is 6.18. The first kappa shape index (κ1) is 12.7. The van der Waals surface area contributed by atoms with Crippen LogP contribution >= 0.6 is 27.3 Å². The van der Waals surface area contributed by atoms with Crippen molar-refractivity contribution in [3.8, 4) is 0 Å². The lowest BCUT2D eigenvalue weighted by Gasteiger charge is -2.12. The molecule has 1 aromatic carbocycles. The van der Waals surface area contributed by atoms with E-state index < -0.39 is 6.10 Å². The molecule has 0 aliphatic carbocycles. The molecule has 1 N–H and O–H groups in total. The van der Waals surface area contributed by atoms with Gasteiger partial charge in [-0.15, -0.1) is 11.3 Å². The van der Waals surface area contributed by atoms with Gasteiger partial charge >= 0.3 is 0 Å². The highest BCUT2D eigenvalue weighted by Gasteiger charge is 2.19. The molecule has 2 rings (SSSR count). The molecule has 0 aliphatic heterocycles. The maximum Gasteiger partial charge on any atom is 0.129 e. The van der Waals surface area contributed by atoms with Gasteiger partial charge in [0.25, 0.3) is 0 Å². The SMILES string of the molecule is Cc1cc(C)c(C(O)c2cc(Br)ccc2F)s1. The quantitative estimate of drug-likeness (QED) is 0.873. The normalized spacial score (nSPS) is 12.8. The number of aryl methyl sites for hydroxylation is 2. The van der Waals surface area contributed by atoms with Crippen molar-refractivity contribution in [1.29, 1.82) is 0 Å². The molecule has 0 aliphatic rings.